The number of esters is 1. The first kappa shape index (κ1) is 40.7. The Balaban J connectivity index is 1.39. The third-order valence-electron chi connectivity index (χ3n) is 12.8. The van der Waals surface area contributed by atoms with Crippen LogP contribution in [0.5, 0.6) is 0 Å². The van der Waals surface area contributed by atoms with Crippen molar-refractivity contribution in [1.82, 2.24) is 0 Å². The number of ether oxygens (including phenoxy) is 7. The molecule has 0 radical (unpaired) electrons. The van der Waals surface area contributed by atoms with E-state index in [-0.39, 0.29) is 43.3 Å². The maximum absolute atomic E-state index is 14.2. The van der Waals surface area contributed by atoms with Gasteiger partial charge in [0.25, 0.3) is 0 Å². The number of hydrogen-bond donors (Lipinski definition) is 4. The van der Waals surface area contributed by atoms with Gasteiger partial charge in [-0.1, -0.05) is 64.5 Å². The minimum absolute atomic E-state index is 0.0264. The zero-order chi connectivity index (χ0) is 38.4. The molecule has 6 rings (SSSR count). The first-order chi connectivity index (χ1) is 25.1. The SMILES string of the molecule is CC[C@H](C)[C@H]1O[C@]2(CC(O)[C@@H]1C)C[C@@H]1C[C@@H](C/C=C(/C)[C@@H](O[C@H]3C[C@H](OC)[C@@H](O)[C@H](C)O3)[C@@H](C)/C=C\C=C3CO[C@@H]4[C@H](O)C(C)=C[C@@H](C(=O)O1)[C@]34O)O2. The van der Waals surface area contributed by atoms with Gasteiger partial charge in [-0.2, -0.15) is 0 Å². The Labute approximate surface area is 314 Å². The lowest BCUT2D eigenvalue weighted by Crippen LogP contribution is -2.60. The number of rotatable bonds is 5. The Hall–Kier alpha value is -1.97. The zero-order valence-corrected chi connectivity index (χ0v) is 32.6. The summed E-state index contributed by atoms with van der Waals surface area (Å²) in [6.45, 7) is 13.8. The van der Waals surface area contributed by atoms with E-state index in [1.807, 2.05) is 32.9 Å². The third-order valence-corrected chi connectivity index (χ3v) is 12.8. The summed E-state index contributed by atoms with van der Waals surface area (Å²) in [6.07, 6.45) is 4.78. The van der Waals surface area contributed by atoms with E-state index in [1.165, 1.54) is 0 Å². The molecule has 53 heavy (non-hydrogen) atoms. The van der Waals surface area contributed by atoms with Crippen molar-refractivity contribution in [2.24, 2.45) is 23.7 Å². The monoisotopic (exact) mass is 746 g/mol. The third kappa shape index (κ3) is 8.01. The number of methoxy groups -OCH3 is 1. The summed E-state index contributed by atoms with van der Waals surface area (Å²) < 4.78 is 44.3. The molecule has 12 nitrogen and oxygen atoms in total. The molecular weight excluding hydrogens is 684 g/mol. The van der Waals surface area contributed by atoms with Crippen LogP contribution in [0.3, 0.4) is 0 Å². The maximum Gasteiger partial charge on any atom is 0.316 e. The van der Waals surface area contributed by atoms with Crippen LogP contribution in [0.15, 0.2) is 47.1 Å². The normalized spacial score (nSPS) is 48.8. The molecule has 5 heterocycles. The molecular formula is C41H62O12. The second-order valence-electron chi connectivity index (χ2n) is 16.6. The summed E-state index contributed by atoms with van der Waals surface area (Å²) in [4.78, 5) is 14.2. The van der Waals surface area contributed by atoms with Crippen LogP contribution in [0.4, 0.5) is 0 Å². The van der Waals surface area contributed by atoms with E-state index in [1.54, 1.807) is 33.1 Å². The number of fused-ring (bicyclic) bond motifs is 2. The quantitative estimate of drug-likeness (QED) is 0.237. The van der Waals surface area contributed by atoms with E-state index in [0.29, 0.717) is 30.4 Å². The molecule has 6 aliphatic rings. The Morgan fingerprint density at radius 2 is 1.79 bits per heavy atom. The lowest BCUT2D eigenvalue weighted by atomic mass is 9.71. The number of carbonyl (C=O) groups is 1. The number of aliphatic hydroxyl groups excluding tert-OH is 3. The molecule has 0 saturated carbocycles. The Morgan fingerprint density at radius 3 is 2.51 bits per heavy atom. The molecule has 0 aromatic carbocycles. The highest BCUT2D eigenvalue weighted by atomic mass is 16.7. The summed E-state index contributed by atoms with van der Waals surface area (Å²) in [5, 5.41) is 45.5. The largest absolute Gasteiger partial charge is 0.462 e. The van der Waals surface area contributed by atoms with Gasteiger partial charge >= 0.3 is 5.97 Å². The first-order valence-electron chi connectivity index (χ1n) is 19.6. The van der Waals surface area contributed by atoms with E-state index in [0.717, 1.165) is 12.0 Å². The molecule has 12 heteroatoms. The van der Waals surface area contributed by atoms with Gasteiger partial charge in [0.05, 0.1) is 43.2 Å². The standard InChI is InChI=1S/C41H62O12/c1-9-21(2)37-25(6)31(42)19-40(53-37)18-29-16-28(52-40)14-13-23(4)36(51-33-17-32(47-8)35(44)26(7)49-33)22(3)11-10-12-27-20-48-38-34(43)24(5)15-30(39(45)50-29)41(27,38)46/h10-13,15,21-22,25-26,28-38,42-44,46H,9,14,16-20H2,1-8H3/b11-10-,23-13-,27-12?/t21-,22-,25-,26-,28+,29-,30-,31?,32-,33-,34+,35-,36-,37+,38+,40-,41+/m0/s1. The van der Waals surface area contributed by atoms with Gasteiger partial charge in [0.2, 0.25) is 0 Å². The molecule has 0 amide bonds. The van der Waals surface area contributed by atoms with Crippen molar-refractivity contribution in [1.29, 1.82) is 0 Å². The second kappa shape index (κ2) is 16.3. The van der Waals surface area contributed by atoms with E-state index in [4.69, 9.17) is 33.2 Å². The maximum atomic E-state index is 14.2. The van der Waals surface area contributed by atoms with Crippen molar-refractivity contribution >= 4 is 5.97 Å². The summed E-state index contributed by atoms with van der Waals surface area (Å²) in [7, 11) is 1.57. The molecule has 17 atom stereocenters. The molecule has 4 fully saturated rings. The van der Waals surface area contributed by atoms with Crippen LogP contribution in [-0.4, -0.2) is 119 Å². The summed E-state index contributed by atoms with van der Waals surface area (Å²) in [5.41, 5.74) is 0.0738. The number of hydrogen-bond acceptors (Lipinski definition) is 12. The Morgan fingerprint density at radius 1 is 1.04 bits per heavy atom. The lowest BCUT2D eigenvalue weighted by Gasteiger charge is -2.52. The van der Waals surface area contributed by atoms with Crippen molar-refractivity contribution in [3.05, 3.63) is 47.1 Å². The molecule has 5 aliphatic heterocycles. The van der Waals surface area contributed by atoms with Crippen molar-refractivity contribution in [3.63, 3.8) is 0 Å². The Kier molecular flexibility index (Phi) is 12.5. The summed E-state index contributed by atoms with van der Waals surface area (Å²) >= 11 is 0. The topological polar surface area (TPSA) is 163 Å². The fourth-order valence-electron chi connectivity index (χ4n) is 9.29. The molecule has 2 bridgehead atoms. The molecule has 1 aliphatic carbocycles. The smallest absolute Gasteiger partial charge is 0.316 e. The van der Waals surface area contributed by atoms with E-state index in [2.05, 4.69) is 19.9 Å². The lowest BCUT2D eigenvalue weighted by molar-refractivity contribution is -0.354. The predicted octanol–water partition coefficient (Wildman–Crippen LogP) is 4.04. The zero-order valence-electron chi connectivity index (χ0n) is 32.6. The average Bonchev–Trinajstić information content (AvgIpc) is 3.46. The fraction of sp³-hybridized carbons (Fsp3) is 0.780. The highest BCUT2D eigenvalue weighted by molar-refractivity contribution is 5.78. The van der Waals surface area contributed by atoms with E-state index >= 15 is 0 Å². The molecule has 4 N–H and O–H groups in total. The van der Waals surface area contributed by atoms with Gasteiger partial charge in [0.1, 0.15) is 35.9 Å². The molecule has 0 aromatic heterocycles. The average molecular weight is 747 g/mol. The van der Waals surface area contributed by atoms with Gasteiger partial charge in [0, 0.05) is 44.6 Å². The number of aliphatic hydroxyl groups is 4. The van der Waals surface area contributed by atoms with Gasteiger partial charge in [-0.05, 0) is 49.8 Å². The van der Waals surface area contributed by atoms with Crippen molar-refractivity contribution in [2.75, 3.05) is 13.7 Å². The second-order valence-corrected chi connectivity index (χ2v) is 16.6. The van der Waals surface area contributed by atoms with Crippen LogP contribution < -0.4 is 0 Å². The van der Waals surface area contributed by atoms with Gasteiger partial charge in [-0.3, -0.25) is 4.79 Å². The van der Waals surface area contributed by atoms with Crippen LogP contribution in [0.2, 0.25) is 0 Å². The van der Waals surface area contributed by atoms with E-state index in [9.17, 15) is 25.2 Å². The number of allylic oxidation sites excluding steroid dienone is 2. The summed E-state index contributed by atoms with van der Waals surface area (Å²) in [5.74, 6) is -3.06. The van der Waals surface area contributed by atoms with Crippen LogP contribution in [0, 0.1) is 23.7 Å². The minimum Gasteiger partial charge on any atom is -0.462 e. The van der Waals surface area contributed by atoms with Crippen LogP contribution in [-0.2, 0) is 38.0 Å². The highest BCUT2D eigenvalue weighted by Crippen LogP contribution is 2.48. The molecule has 4 saturated heterocycles. The molecule has 1 spiro atoms. The number of carbonyl (C=O) groups excluding carboxylic acids is 1. The summed E-state index contributed by atoms with van der Waals surface area (Å²) in [6, 6.07) is 0. The van der Waals surface area contributed by atoms with Crippen molar-refractivity contribution < 1.29 is 58.4 Å². The van der Waals surface area contributed by atoms with Crippen LogP contribution in [0.25, 0.3) is 0 Å². The van der Waals surface area contributed by atoms with Gasteiger partial charge < -0.3 is 53.6 Å². The van der Waals surface area contributed by atoms with Gasteiger partial charge in [-0.15, -0.1) is 0 Å². The van der Waals surface area contributed by atoms with E-state index < -0.39 is 84.5 Å². The predicted molar refractivity (Wildman–Crippen MR) is 194 cm³/mol. The highest BCUT2D eigenvalue weighted by Gasteiger charge is 2.60. The fourth-order valence-corrected chi connectivity index (χ4v) is 9.29. The van der Waals surface area contributed by atoms with Crippen molar-refractivity contribution in [2.45, 2.75) is 166 Å². The molecule has 298 valence electrons. The van der Waals surface area contributed by atoms with Crippen LogP contribution in [0.1, 0.15) is 87.0 Å². The van der Waals surface area contributed by atoms with Gasteiger partial charge in [0.15, 0.2) is 12.1 Å². The molecule has 1 unspecified atom stereocenters. The minimum atomic E-state index is -1.84. The first-order valence-corrected chi connectivity index (χ1v) is 19.6. The van der Waals surface area contributed by atoms with Crippen molar-refractivity contribution in [3.8, 4) is 0 Å². The van der Waals surface area contributed by atoms with Gasteiger partial charge in [-0.25, -0.2) is 0 Å². The molecule has 0 aromatic rings. The Bertz CT molecular complexity index is 1440. The van der Waals surface area contributed by atoms with Crippen LogP contribution >= 0.6 is 0 Å².